The van der Waals surface area contributed by atoms with Crippen molar-refractivity contribution in [1.29, 1.82) is 0 Å². The van der Waals surface area contributed by atoms with E-state index in [4.69, 9.17) is 18.9 Å². The molecular weight excluding hydrogens is 729 g/mol. The molecule has 2 aromatic heterocycles. The topological polar surface area (TPSA) is 46.8 Å². The van der Waals surface area contributed by atoms with Crippen LogP contribution in [0.4, 0.5) is 0 Å². The van der Waals surface area contributed by atoms with Gasteiger partial charge in [0.15, 0.2) is 0 Å². The lowest BCUT2D eigenvalue weighted by Gasteiger charge is -2.17. The monoisotopic (exact) mass is 778 g/mol. The Labute approximate surface area is 347 Å². The zero-order valence-electron chi connectivity index (χ0n) is 34.7. The second-order valence-corrected chi connectivity index (χ2v) is 14.5. The van der Waals surface area contributed by atoms with E-state index >= 15 is 0 Å². The van der Waals surface area contributed by atoms with Crippen LogP contribution < -0.4 is 18.9 Å². The average molecular weight is 779 g/mol. The first-order chi connectivity index (χ1) is 29.0. The Bertz CT molecular complexity index is 2480. The fourth-order valence-electron chi connectivity index (χ4n) is 8.44. The lowest BCUT2D eigenvalue weighted by atomic mass is 9.88. The van der Waals surface area contributed by atoms with Crippen LogP contribution >= 0.6 is 0 Å². The second-order valence-electron chi connectivity index (χ2n) is 14.5. The predicted octanol–water partition coefficient (Wildman–Crippen LogP) is 12.9. The van der Waals surface area contributed by atoms with E-state index in [0.717, 1.165) is 58.1 Å². The summed E-state index contributed by atoms with van der Waals surface area (Å²) in [4.78, 5) is 0. The van der Waals surface area contributed by atoms with Crippen LogP contribution in [0.5, 0.6) is 23.0 Å². The van der Waals surface area contributed by atoms with Gasteiger partial charge in [-0.05, 0) is 118 Å². The van der Waals surface area contributed by atoms with E-state index in [-0.39, 0.29) is 0 Å². The molecule has 0 bridgehead atoms. The minimum absolute atomic E-state index is 0.635. The number of nitrogens with zero attached hydrogens (tertiary/aromatic N) is 2. The molecule has 0 saturated heterocycles. The van der Waals surface area contributed by atoms with E-state index in [0.29, 0.717) is 6.67 Å². The van der Waals surface area contributed by atoms with Crippen LogP contribution in [0, 0.1) is 0 Å². The molecule has 0 aliphatic heterocycles. The third-order valence-corrected chi connectivity index (χ3v) is 11.4. The van der Waals surface area contributed by atoms with Crippen molar-refractivity contribution in [3.8, 4) is 23.0 Å². The highest BCUT2D eigenvalue weighted by molar-refractivity contribution is 6.06. The van der Waals surface area contributed by atoms with Crippen LogP contribution in [0.15, 0.2) is 158 Å². The molecular formula is C53H50N2O4. The molecule has 8 rings (SSSR count). The molecule has 0 amide bonds. The van der Waals surface area contributed by atoms with Gasteiger partial charge in [0, 0.05) is 34.3 Å². The number of hydrogen-bond donors (Lipinski definition) is 0. The first-order valence-corrected chi connectivity index (χ1v) is 20.2. The van der Waals surface area contributed by atoms with Crippen molar-refractivity contribution in [3.05, 3.63) is 191 Å². The molecule has 0 unspecified atom stereocenters. The van der Waals surface area contributed by atoms with Crippen molar-refractivity contribution in [2.75, 3.05) is 28.4 Å². The van der Waals surface area contributed by atoms with E-state index in [2.05, 4.69) is 132 Å². The number of fused-ring (bicyclic) bond motifs is 2. The highest BCUT2D eigenvalue weighted by Crippen LogP contribution is 2.41. The van der Waals surface area contributed by atoms with E-state index in [1.54, 1.807) is 28.4 Å². The maximum Gasteiger partial charge on any atom is 0.118 e. The van der Waals surface area contributed by atoms with Gasteiger partial charge in [0.25, 0.3) is 0 Å². The minimum atomic E-state index is 0.635. The molecule has 0 saturated carbocycles. The Morgan fingerprint density at radius 3 is 0.949 bits per heavy atom. The molecule has 0 atom stereocenters. The largest absolute Gasteiger partial charge is 0.497 e. The molecule has 0 fully saturated rings. The quantitative estimate of drug-likeness (QED) is 0.110. The summed E-state index contributed by atoms with van der Waals surface area (Å²) in [5, 5.41) is 2.44. The van der Waals surface area contributed by atoms with Crippen molar-refractivity contribution >= 4 is 44.1 Å². The maximum atomic E-state index is 5.55. The third-order valence-electron chi connectivity index (χ3n) is 11.4. The molecule has 0 N–H and O–H groups in total. The summed E-state index contributed by atoms with van der Waals surface area (Å²) < 4.78 is 27.0. The Kier molecular flexibility index (Phi) is 11.4. The predicted molar refractivity (Wildman–Crippen MR) is 244 cm³/mol. The van der Waals surface area contributed by atoms with Gasteiger partial charge in [0.2, 0.25) is 0 Å². The van der Waals surface area contributed by atoms with Crippen LogP contribution in [0.1, 0.15) is 60.1 Å². The number of rotatable bonds is 14. The smallest absolute Gasteiger partial charge is 0.118 e. The van der Waals surface area contributed by atoms with E-state index in [1.165, 1.54) is 55.2 Å². The summed E-state index contributed by atoms with van der Waals surface area (Å²) >= 11 is 0. The lowest BCUT2D eigenvalue weighted by Crippen LogP contribution is -2.05. The zero-order chi connectivity index (χ0) is 40.9. The summed E-state index contributed by atoms with van der Waals surface area (Å²) in [6.07, 6.45) is 6.37. The molecule has 6 heteroatoms. The molecule has 0 aliphatic carbocycles. The number of benzene rings is 6. The molecule has 8 aromatic rings. The summed E-state index contributed by atoms with van der Waals surface area (Å²) in [5.41, 5.74) is 14.3. The Morgan fingerprint density at radius 2 is 0.678 bits per heavy atom. The first-order valence-electron chi connectivity index (χ1n) is 20.2. The van der Waals surface area contributed by atoms with Gasteiger partial charge in [-0.25, -0.2) is 0 Å². The SMILES string of the molecule is CCC(=C(c1ccc(OC)cc1)c1ccc(OC)cc1)c1cn(Cn2cc(C(CC)=C(c3ccc(OC)cc3)c3ccc(OC)cc3)c3ccccc32)c2ccccc12. The zero-order valence-corrected chi connectivity index (χ0v) is 34.7. The van der Waals surface area contributed by atoms with Gasteiger partial charge in [0.1, 0.15) is 23.0 Å². The first kappa shape index (κ1) is 38.9. The summed E-state index contributed by atoms with van der Waals surface area (Å²) in [6, 6.07) is 51.1. The third kappa shape index (κ3) is 7.62. The number of para-hydroxylation sites is 2. The van der Waals surface area contributed by atoms with E-state index < -0.39 is 0 Å². The summed E-state index contributed by atoms with van der Waals surface area (Å²) in [5.74, 6) is 3.32. The number of methoxy groups -OCH3 is 4. The van der Waals surface area contributed by atoms with Crippen molar-refractivity contribution in [2.45, 2.75) is 33.4 Å². The summed E-state index contributed by atoms with van der Waals surface area (Å²) in [6.45, 7) is 5.14. The van der Waals surface area contributed by atoms with Crippen LogP contribution in [0.3, 0.4) is 0 Å². The van der Waals surface area contributed by atoms with Gasteiger partial charge in [-0.2, -0.15) is 0 Å². The number of aromatic nitrogens is 2. The Hall–Kier alpha value is -6.92. The molecule has 0 spiro atoms. The summed E-state index contributed by atoms with van der Waals surface area (Å²) in [7, 11) is 6.83. The standard InChI is InChI=1S/C53H50N2O4/c1-7-44(52(36-17-25-40(56-3)26-18-36)37-19-27-41(57-4)28-20-37)48-33-54(50-15-11-9-13-46(48)50)35-55-34-49(47-14-10-12-16-51(47)55)45(8-2)53(38-21-29-42(58-5)30-22-38)39-23-31-43(59-6)32-24-39/h9-34H,7-8,35H2,1-6H3. The average Bonchev–Trinajstić information content (AvgIpc) is 3.85. The van der Waals surface area contributed by atoms with Crippen molar-refractivity contribution in [3.63, 3.8) is 0 Å². The molecule has 6 aromatic carbocycles. The lowest BCUT2D eigenvalue weighted by molar-refractivity contribution is 0.414. The van der Waals surface area contributed by atoms with Gasteiger partial charge in [0.05, 0.1) is 46.1 Å². The Morgan fingerprint density at radius 1 is 0.390 bits per heavy atom. The fraction of sp³-hybridized carbons (Fsp3) is 0.170. The van der Waals surface area contributed by atoms with Gasteiger partial charge in [-0.15, -0.1) is 0 Å². The number of hydrogen-bond acceptors (Lipinski definition) is 4. The molecule has 296 valence electrons. The van der Waals surface area contributed by atoms with Crippen LogP contribution in [-0.2, 0) is 6.67 Å². The van der Waals surface area contributed by atoms with Crippen molar-refractivity contribution in [2.24, 2.45) is 0 Å². The number of allylic oxidation sites excluding steroid dienone is 2. The molecule has 0 aliphatic rings. The van der Waals surface area contributed by atoms with Gasteiger partial charge < -0.3 is 28.1 Å². The van der Waals surface area contributed by atoms with Crippen LogP contribution in [0.25, 0.3) is 44.1 Å². The van der Waals surface area contributed by atoms with Gasteiger partial charge in [-0.3, -0.25) is 0 Å². The molecule has 2 heterocycles. The fourth-order valence-corrected chi connectivity index (χ4v) is 8.44. The molecule has 0 radical (unpaired) electrons. The highest BCUT2D eigenvalue weighted by atomic mass is 16.5. The van der Waals surface area contributed by atoms with Crippen molar-refractivity contribution in [1.82, 2.24) is 9.13 Å². The van der Waals surface area contributed by atoms with Gasteiger partial charge in [-0.1, -0.05) is 98.8 Å². The Balaban J connectivity index is 1.30. The highest BCUT2D eigenvalue weighted by Gasteiger charge is 2.21. The maximum absolute atomic E-state index is 5.55. The van der Waals surface area contributed by atoms with Gasteiger partial charge >= 0.3 is 0 Å². The molecule has 59 heavy (non-hydrogen) atoms. The van der Waals surface area contributed by atoms with Crippen molar-refractivity contribution < 1.29 is 18.9 Å². The normalized spacial score (nSPS) is 11.1. The minimum Gasteiger partial charge on any atom is -0.497 e. The second kappa shape index (κ2) is 17.3. The molecule has 6 nitrogen and oxygen atoms in total. The number of ether oxygens (including phenoxy) is 4. The van der Waals surface area contributed by atoms with Crippen LogP contribution in [0.2, 0.25) is 0 Å². The van der Waals surface area contributed by atoms with Crippen LogP contribution in [-0.4, -0.2) is 37.6 Å². The van der Waals surface area contributed by atoms with E-state index in [9.17, 15) is 0 Å². The van der Waals surface area contributed by atoms with E-state index in [1.807, 2.05) is 48.5 Å².